The molecule has 2 aliphatic rings. The van der Waals surface area contributed by atoms with Crippen LogP contribution in [0.15, 0.2) is 11.1 Å². The highest BCUT2D eigenvalue weighted by atomic mass is 16.4. The minimum Gasteiger partial charge on any atom is -0.481 e. The van der Waals surface area contributed by atoms with E-state index < -0.39 is 5.97 Å². The molecule has 0 bridgehead atoms. The number of nitrogens with one attached hydrogen (secondary N) is 2. The molecule has 2 fully saturated rings. The number of carbonyl (C=O) groups excluding carboxylic acids is 1. The summed E-state index contributed by atoms with van der Waals surface area (Å²) in [7, 11) is 0. The van der Waals surface area contributed by atoms with Gasteiger partial charge in [-0.05, 0) is 31.3 Å². The Balaban J connectivity index is 1.93. The molecule has 2 rings (SSSR count). The van der Waals surface area contributed by atoms with Crippen LogP contribution in [0.25, 0.3) is 0 Å². The Labute approximate surface area is 100 Å². The Morgan fingerprint density at radius 1 is 1.47 bits per heavy atom. The molecule has 1 heterocycles. The van der Waals surface area contributed by atoms with E-state index in [2.05, 4.69) is 10.6 Å². The van der Waals surface area contributed by atoms with Gasteiger partial charge in [-0.1, -0.05) is 0 Å². The number of aliphatic carboxylic acids is 1. The molecule has 3 N–H and O–H groups in total. The molecule has 0 radical (unpaired) electrons. The third-order valence-electron chi connectivity index (χ3n) is 3.45. The zero-order valence-electron chi connectivity index (χ0n) is 9.95. The van der Waals surface area contributed by atoms with Crippen LogP contribution in [-0.4, -0.2) is 36.1 Å². The van der Waals surface area contributed by atoms with Crippen molar-refractivity contribution in [1.82, 2.24) is 10.6 Å². The fourth-order valence-corrected chi connectivity index (χ4v) is 1.97. The summed E-state index contributed by atoms with van der Waals surface area (Å²) in [5, 5.41) is 14.7. The lowest BCUT2D eigenvalue weighted by Gasteiger charge is -2.23. The van der Waals surface area contributed by atoms with Crippen LogP contribution in [0, 0.1) is 5.92 Å². The molecule has 1 saturated carbocycles. The minimum absolute atomic E-state index is 0.0251. The normalized spacial score (nSPS) is 20.4. The Kier molecular flexibility index (Phi) is 3.47. The van der Waals surface area contributed by atoms with Gasteiger partial charge >= 0.3 is 5.97 Å². The highest BCUT2D eigenvalue weighted by molar-refractivity contribution is 5.94. The molecule has 1 saturated heterocycles. The monoisotopic (exact) mass is 238 g/mol. The first kappa shape index (κ1) is 12.1. The van der Waals surface area contributed by atoms with Crippen molar-refractivity contribution in [3.05, 3.63) is 11.1 Å². The molecule has 1 aliphatic heterocycles. The number of carboxylic acid groups (broad SMARTS) is 1. The Bertz CT molecular complexity index is 366. The van der Waals surface area contributed by atoms with Gasteiger partial charge in [-0.2, -0.15) is 0 Å². The van der Waals surface area contributed by atoms with E-state index >= 15 is 0 Å². The molecule has 5 nitrogen and oxygen atoms in total. The van der Waals surface area contributed by atoms with Crippen molar-refractivity contribution >= 4 is 11.9 Å². The third kappa shape index (κ3) is 3.06. The third-order valence-corrected chi connectivity index (χ3v) is 3.45. The summed E-state index contributed by atoms with van der Waals surface area (Å²) in [6, 6.07) is -0.205. The number of amides is 1. The van der Waals surface area contributed by atoms with Crippen molar-refractivity contribution in [3.8, 4) is 0 Å². The summed E-state index contributed by atoms with van der Waals surface area (Å²) >= 11 is 0. The smallest absolute Gasteiger partial charge is 0.305 e. The zero-order chi connectivity index (χ0) is 12.4. The van der Waals surface area contributed by atoms with Gasteiger partial charge in [0.05, 0.1) is 6.42 Å². The lowest BCUT2D eigenvalue weighted by Crippen LogP contribution is -2.42. The molecule has 1 atom stereocenters. The van der Waals surface area contributed by atoms with Crippen LogP contribution in [0.1, 0.15) is 26.2 Å². The van der Waals surface area contributed by atoms with E-state index in [1.165, 1.54) is 0 Å². The topological polar surface area (TPSA) is 78.4 Å². The van der Waals surface area contributed by atoms with Gasteiger partial charge < -0.3 is 15.7 Å². The van der Waals surface area contributed by atoms with Gasteiger partial charge in [0.25, 0.3) is 0 Å². The molecule has 0 aromatic rings. The van der Waals surface area contributed by atoms with E-state index in [4.69, 9.17) is 5.11 Å². The van der Waals surface area contributed by atoms with Gasteiger partial charge in [0, 0.05) is 24.7 Å². The maximum atomic E-state index is 11.9. The lowest BCUT2D eigenvalue weighted by atomic mass is 10.0. The van der Waals surface area contributed by atoms with Crippen LogP contribution in [-0.2, 0) is 9.59 Å². The van der Waals surface area contributed by atoms with Crippen LogP contribution in [0.5, 0.6) is 0 Å². The van der Waals surface area contributed by atoms with Gasteiger partial charge in [0.15, 0.2) is 0 Å². The molecule has 1 amide bonds. The van der Waals surface area contributed by atoms with Crippen molar-refractivity contribution in [1.29, 1.82) is 0 Å². The van der Waals surface area contributed by atoms with E-state index in [0.717, 1.165) is 37.1 Å². The van der Waals surface area contributed by atoms with E-state index in [1.54, 1.807) is 6.92 Å². The summed E-state index contributed by atoms with van der Waals surface area (Å²) < 4.78 is 0. The van der Waals surface area contributed by atoms with Crippen molar-refractivity contribution < 1.29 is 14.7 Å². The SMILES string of the molecule is CC(C(=O)NC(CC(=O)O)C1CC1)=C1CNC1. The summed E-state index contributed by atoms with van der Waals surface area (Å²) in [6.45, 7) is 3.34. The summed E-state index contributed by atoms with van der Waals surface area (Å²) in [4.78, 5) is 22.6. The summed E-state index contributed by atoms with van der Waals surface area (Å²) in [5.41, 5.74) is 1.85. The molecular formula is C12H18N2O3. The quantitative estimate of drug-likeness (QED) is 0.601. The first-order chi connectivity index (χ1) is 8.08. The van der Waals surface area contributed by atoms with Crippen molar-refractivity contribution in [2.45, 2.75) is 32.2 Å². The molecule has 0 spiro atoms. The number of hydrogen-bond acceptors (Lipinski definition) is 3. The summed E-state index contributed by atoms with van der Waals surface area (Å²) in [5.74, 6) is -0.607. The maximum absolute atomic E-state index is 11.9. The minimum atomic E-state index is -0.849. The molecule has 17 heavy (non-hydrogen) atoms. The molecule has 5 heteroatoms. The molecule has 1 unspecified atom stereocenters. The van der Waals surface area contributed by atoms with E-state index in [1.807, 2.05) is 0 Å². The Morgan fingerprint density at radius 2 is 2.12 bits per heavy atom. The fourth-order valence-electron chi connectivity index (χ4n) is 1.97. The van der Waals surface area contributed by atoms with Crippen molar-refractivity contribution in [2.24, 2.45) is 5.92 Å². The van der Waals surface area contributed by atoms with Gasteiger partial charge in [0.2, 0.25) is 5.91 Å². The number of carbonyl (C=O) groups is 2. The van der Waals surface area contributed by atoms with Gasteiger partial charge in [-0.15, -0.1) is 0 Å². The average molecular weight is 238 g/mol. The first-order valence-electron chi connectivity index (χ1n) is 6.00. The fraction of sp³-hybridized carbons (Fsp3) is 0.667. The van der Waals surface area contributed by atoms with Gasteiger partial charge in [0.1, 0.15) is 0 Å². The number of carboxylic acids is 1. The number of hydrogen-bond donors (Lipinski definition) is 3. The van der Waals surface area contributed by atoms with Gasteiger partial charge in [-0.25, -0.2) is 0 Å². The van der Waals surface area contributed by atoms with Crippen LogP contribution >= 0.6 is 0 Å². The second-order valence-electron chi connectivity index (χ2n) is 4.85. The predicted molar refractivity (Wildman–Crippen MR) is 62.5 cm³/mol. The Morgan fingerprint density at radius 3 is 2.53 bits per heavy atom. The van der Waals surface area contributed by atoms with Crippen LogP contribution in [0.2, 0.25) is 0 Å². The lowest BCUT2D eigenvalue weighted by molar-refractivity contribution is -0.137. The second kappa shape index (κ2) is 4.87. The average Bonchev–Trinajstić information content (AvgIpc) is 2.95. The van der Waals surface area contributed by atoms with Crippen LogP contribution < -0.4 is 10.6 Å². The molecular weight excluding hydrogens is 220 g/mol. The van der Waals surface area contributed by atoms with E-state index in [-0.39, 0.29) is 18.4 Å². The highest BCUT2D eigenvalue weighted by Crippen LogP contribution is 2.34. The molecule has 1 aliphatic carbocycles. The second-order valence-corrected chi connectivity index (χ2v) is 4.85. The van der Waals surface area contributed by atoms with E-state index in [9.17, 15) is 9.59 Å². The van der Waals surface area contributed by atoms with E-state index in [0.29, 0.717) is 5.92 Å². The molecule has 94 valence electrons. The number of rotatable bonds is 5. The standard InChI is InChI=1S/C12H18N2O3/c1-7(9-5-13-6-9)12(17)14-10(4-11(15)16)8-2-3-8/h8,10,13H,2-6H2,1H3,(H,14,17)(H,15,16). The van der Waals surface area contributed by atoms with Crippen LogP contribution in [0.3, 0.4) is 0 Å². The largest absolute Gasteiger partial charge is 0.481 e. The maximum Gasteiger partial charge on any atom is 0.305 e. The first-order valence-corrected chi connectivity index (χ1v) is 6.00. The van der Waals surface area contributed by atoms with Gasteiger partial charge in [-0.3, -0.25) is 9.59 Å². The zero-order valence-corrected chi connectivity index (χ0v) is 9.95. The molecule has 0 aromatic carbocycles. The summed E-state index contributed by atoms with van der Waals surface area (Å²) in [6.07, 6.45) is 2.07. The Hall–Kier alpha value is -1.36. The van der Waals surface area contributed by atoms with Crippen LogP contribution in [0.4, 0.5) is 0 Å². The van der Waals surface area contributed by atoms with Crippen molar-refractivity contribution in [2.75, 3.05) is 13.1 Å². The van der Waals surface area contributed by atoms with Crippen molar-refractivity contribution in [3.63, 3.8) is 0 Å². The molecule has 0 aromatic heterocycles. The predicted octanol–water partition coefficient (Wildman–Crippen LogP) is 0.276. The highest BCUT2D eigenvalue weighted by Gasteiger charge is 2.34.